The van der Waals surface area contributed by atoms with Gasteiger partial charge in [-0.1, -0.05) is 11.6 Å². The Balaban J connectivity index is 0.00000161. The van der Waals surface area contributed by atoms with Crippen molar-refractivity contribution in [1.29, 1.82) is 0 Å². The van der Waals surface area contributed by atoms with E-state index in [4.69, 9.17) is 21.1 Å². The number of halogens is 2. The van der Waals surface area contributed by atoms with E-state index in [9.17, 15) is 0 Å². The van der Waals surface area contributed by atoms with Gasteiger partial charge in [0.2, 0.25) is 0 Å². The van der Waals surface area contributed by atoms with E-state index in [1.165, 1.54) is 5.56 Å². The molecule has 3 rings (SSSR count). The molecule has 1 aromatic carbocycles. The van der Waals surface area contributed by atoms with Crippen LogP contribution in [0.2, 0.25) is 5.02 Å². The van der Waals surface area contributed by atoms with Crippen molar-refractivity contribution < 1.29 is 9.47 Å². The second kappa shape index (κ2) is 7.54. The number of hydrogen-bond donors (Lipinski definition) is 1. The predicted octanol–water partition coefficient (Wildman–Crippen LogP) is 2.72. The quantitative estimate of drug-likeness (QED) is 0.902. The summed E-state index contributed by atoms with van der Waals surface area (Å²) in [7, 11) is 0. The van der Waals surface area contributed by atoms with Crippen LogP contribution in [0.25, 0.3) is 0 Å². The van der Waals surface area contributed by atoms with E-state index in [1.54, 1.807) is 0 Å². The molecular weight excluding hydrogens is 311 g/mol. The van der Waals surface area contributed by atoms with Crippen LogP contribution in [-0.2, 0) is 6.54 Å². The average molecular weight is 333 g/mol. The molecule has 1 saturated heterocycles. The molecule has 118 valence electrons. The smallest absolute Gasteiger partial charge is 0.179 e. The maximum Gasteiger partial charge on any atom is 0.179 e. The lowest BCUT2D eigenvalue weighted by molar-refractivity contribution is 0.199. The minimum atomic E-state index is 0. The first-order chi connectivity index (χ1) is 9.72. The van der Waals surface area contributed by atoms with Crippen LogP contribution >= 0.6 is 24.0 Å². The van der Waals surface area contributed by atoms with E-state index < -0.39 is 0 Å². The number of hydrogen-bond acceptors (Lipinski definition) is 4. The topological polar surface area (TPSA) is 33.7 Å². The fraction of sp³-hybridized carbons (Fsp3) is 0.600. The maximum absolute atomic E-state index is 6.33. The second-order valence-electron chi connectivity index (χ2n) is 5.55. The van der Waals surface area contributed by atoms with Crippen molar-refractivity contribution in [3.63, 3.8) is 0 Å². The van der Waals surface area contributed by atoms with Gasteiger partial charge >= 0.3 is 0 Å². The molecule has 0 unspecified atom stereocenters. The molecule has 0 saturated carbocycles. The monoisotopic (exact) mass is 332 g/mol. The summed E-state index contributed by atoms with van der Waals surface area (Å²) in [5.74, 6) is 1.48. The third-order valence-corrected chi connectivity index (χ3v) is 4.00. The number of ether oxygens (including phenoxy) is 2. The molecule has 6 heteroatoms. The third-order valence-electron chi connectivity index (χ3n) is 3.72. The van der Waals surface area contributed by atoms with Crippen LogP contribution in [0.1, 0.15) is 18.9 Å². The molecule has 0 bridgehead atoms. The number of fused-ring (bicyclic) bond motifs is 1. The second-order valence-corrected chi connectivity index (χ2v) is 5.95. The Labute approximate surface area is 137 Å². The molecule has 4 nitrogen and oxygen atoms in total. The summed E-state index contributed by atoms with van der Waals surface area (Å²) in [5.41, 5.74) is 1.19. The van der Waals surface area contributed by atoms with E-state index in [0.29, 0.717) is 30.0 Å². The fourth-order valence-electron chi connectivity index (χ4n) is 2.79. The van der Waals surface area contributed by atoms with E-state index in [2.05, 4.69) is 23.2 Å². The Morgan fingerprint density at radius 2 is 2.14 bits per heavy atom. The molecular formula is C15H22Cl2N2O2. The molecule has 1 atom stereocenters. The van der Waals surface area contributed by atoms with Crippen molar-refractivity contribution in [2.45, 2.75) is 25.9 Å². The highest BCUT2D eigenvalue weighted by atomic mass is 35.5. The van der Waals surface area contributed by atoms with Gasteiger partial charge in [0.1, 0.15) is 0 Å². The van der Waals surface area contributed by atoms with Crippen LogP contribution in [0.4, 0.5) is 0 Å². The zero-order valence-corrected chi connectivity index (χ0v) is 13.8. The molecule has 1 fully saturated rings. The first-order valence-corrected chi connectivity index (χ1v) is 7.64. The maximum atomic E-state index is 6.33. The minimum absolute atomic E-state index is 0. The van der Waals surface area contributed by atoms with Gasteiger partial charge in [-0.2, -0.15) is 0 Å². The predicted molar refractivity (Wildman–Crippen MR) is 87.0 cm³/mol. The number of piperazine rings is 1. The lowest BCUT2D eigenvalue weighted by Gasteiger charge is -2.32. The zero-order valence-electron chi connectivity index (χ0n) is 12.2. The summed E-state index contributed by atoms with van der Waals surface area (Å²) in [4.78, 5) is 2.44. The Kier molecular flexibility index (Phi) is 5.99. The van der Waals surface area contributed by atoms with Crippen LogP contribution in [-0.4, -0.2) is 43.8 Å². The summed E-state index contributed by atoms with van der Waals surface area (Å²) in [6, 6.07) is 4.61. The van der Waals surface area contributed by atoms with E-state index in [0.717, 1.165) is 38.3 Å². The van der Waals surface area contributed by atoms with Crippen LogP contribution in [0.5, 0.6) is 11.5 Å². The van der Waals surface area contributed by atoms with Crippen LogP contribution in [0.3, 0.4) is 0 Å². The van der Waals surface area contributed by atoms with Gasteiger partial charge < -0.3 is 14.8 Å². The van der Waals surface area contributed by atoms with Crippen molar-refractivity contribution in [2.75, 3.05) is 32.8 Å². The number of nitrogens with one attached hydrogen (secondary N) is 1. The molecule has 1 N–H and O–H groups in total. The van der Waals surface area contributed by atoms with Gasteiger partial charge in [-0.15, -0.1) is 12.4 Å². The van der Waals surface area contributed by atoms with Gasteiger partial charge in [-0.25, -0.2) is 0 Å². The largest absolute Gasteiger partial charge is 0.489 e. The summed E-state index contributed by atoms with van der Waals surface area (Å²) in [5, 5.41) is 4.11. The molecule has 2 aliphatic rings. The van der Waals surface area contributed by atoms with Gasteiger partial charge in [0.05, 0.1) is 18.2 Å². The number of benzene rings is 1. The van der Waals surface area contributed by atoms with Gasteiger partial charge in [0.15, 0.2) is 11.5 Å². The molecule has 2 heterocycles. The first-order valence-electron chi connectivity index (χ1n) is 7.26. The third kappa shape index (κ3) is 4.16. The first kappa shape index (κ1) is 16.7. The van der Waals surface area contributed by atoms with Crippen molar-refractivity contribution in [3.05, 3.63) is 22.7 Å². The summed E-state index contributed by atoms with van der Waals surface area (Å²) < 4.78 is 11.4. The fourth-order valence-corrected chi connectivity index (χ4v) is 3.08. The molecule has 0 aromatic heterocycles. The Bertz CT molecular complexity index is 485. The van der Waals surface area contributed by atoms with Crippen LogP contribution in [0, 0.1) is 0 Å². The Morgan fingerprint density at radius 3 is 2.95 bits per heavy atom. The molecule has 0 amide bonds. The van der Waals surface area contributed by atoms with Gasteiger partial charge in [0.25, 0.3) is 0 Å². The van der Waals surface area contributed by atoms with Crippen molar-refractivity contribution in [3.8, 4) is 11.5 Å². The molecule has 0 aliphatic carbocycles. The Hall–Kier alpha value is -0.680. The highest BCUT2D eigenvalue weighted by Crippen LogP contribution is 2.38. The summed E-state index contributed by atoms with van der Waals surface area (Å²) in [6.45, 7) is 7.65. The number of rotatable bonds is 2. The van der Waals surface area contributed by atoms with Gasteiger partial charge in [-0.05, 0) is 24.6 Å². The van der Waals surface area contributed by atoms with Crippen LogP contribution in [0.15, 0.2) is 12.1 Å². The Morgan fingerprint density at radius 1 is 1.33 bits per heavy atom. The van der Waals surface area contributed by atoms with E-state index >= 15 is 0 Å². The highest BCUT2D eigenvalue weighted by molar-refractivity contribution is 6.32. The zero-order chi connectivity index (χ0) is 13.9. The highest BCUT2D eigenvalue weighted by Gasteiger charge is 2.19. The van der Waals surface area contributed by atoms with Gasteiger partial charge in [0, 0.05) is 38.6 Å². The van der Waals surface area contributed by atoms with E-state index in [-0.39, 0.29) is 12.4 Å². The molecule has 2 aliphatic heterocycles. The molecule has 0 spiro atoms. The average Bonchev–Trinajstić information content (AvgIpc) is 2.64. The lowest BCUT2D eigenvalue weighted by Crippen LogP contribution is -2.48. The SMILES string of the molecule is C[C@H]1CN(Cc2cc(Cl)c3c(c2)OCCCO3)CCN1.Cl. The van der Waals surface area contributed by atoms with Crippen molar-refractivity contribution in [2.24, 2.45) is 0 Å². The molecule has 0 radical (unpaired) electrons. The van der Waals surface area contributed by atoms with Crippen molar-refractivity contribution >= 4 is 24.0 Å². The standard InChI is InChI=1S/C15H21ClN2O2.ClH/c1-11-9-18(4-3-17-11)10-12-7-13(16)15-14(8-12)19-5-2-6-20-15;/h7-8,11,17H,2-6,9-10H2,1H3;1H/t11-;/m0./s1. The minimum Gasteiger partial charge on any atom is -0.489 e. The molecule has 1 aromatic rings. The van der Waals surface area contributed by atoms with Crippen LogP contribution < -0.4 is 14.8 Å². The normalized spacial score (nSPS) is 22.3. The molecule has 21 heavy (non-hydrogen) atoms. The summed E-state index contributed by atoms with van der Waals surface area (Å²) in [6.07, 6.45) is 0.898. The summed E-state index contributed by atoms with van der Waals surface area (Å²) >= 11 is 6.33. The van der Waals surface area contributed by atoms with Crippen molar-refractivity contribution in [1.82, 2.24) is 10.2 Å². The van der Waals surface area contributed by atoms with E-state index in [1.807, 2.05) is 6.07 Å². The lowest BCUT2D eigenvalue weighted by atomic mass is 10.1. The number of nitrogens with zero attached hydrogens (tertiary/aromatic N) is 1. The van der Waals surface area contributed by atoms with Gasteiger partial charge in [-0.3, -0.25) is 4.90 Å².